The zero-order valence-corrected chi connectivity index (χ0v) is 15.6. The molecule has 7 nitrogen and oxygen atoms in total. The van der Waals surface area contributed by atoms with Crippen molar-refractivity contribution >= 4 is 17.7 Å². The number of amides is 2. The average Bonchev–Trinajstić information content (AvgIpc) is 3.08. The molecule has 2 amide bonds. The molecule has 1 saturated heterocycles. The smallest absolute Gasteiger partial charge is 0.414 e. The highest BCUT2D eigenvalue weighted by molar-refractivity contribution is 5.90. The molecule has 0 saturated carbocycles. The first-order valence-corrected chi connectivity index (χ1v) is 8.71. The number of rotatable bonds is 7. The van der Waals surface area contributed by atoms with E-state index in [4.69, 9.17) is 14.2 Å². The fourth-order valence-corrected chi connectivity index (χ4v) is 2.91. The van der Waals surface area contributed by atoms with Crippen molar-refractivity contribution in [3.05, 3.63) is 53.8 Å². The molecule has 0 bridgehead atoms. The molecule has 2 aromatic carbocycles. The van der Waals surface area contributed by atoms with Crippen LogP contribution in [-0.2, 0) is 16.0 Å². The van der Waals surface area contributed by atoms with Gasteiger partial charge in [-0.2, -0.15) is 0 Å². The van der Waals surface area contributed by atoms with Crippen molar-refractivity contribution in [1.82, 2.24) is 5.32 Å². The number of nitrogens with zero attached hydrogens (tertiary/aromatic N) is 1. The minimum atomic E-state index is -0.495. The molecular weight excluding hydrogens is 367 g/mol. The number of cyclic esters (lactones) is 1. The summed E-state index contributed by atoms with van der Waals surface area (Å²) in [4.78, 5) is 25.7. The minimum absolute atomic E-state index is 0.125. The van der Waals surface area contributed by atoms with Crippen molar-refractivity contribution in [3.8, 4) is 11.5 Å². The Labute approximate surface area is 162 Å². The minimum Gasteiger partial charge on any atom is -0.493 e. The fraction of sp³-hybridized carbons (Fsp3) is 0.300. The molecule has 3 rings (SSSR count). The molecule has 1 unspecified atom stereocenters. The normalized spacial score (nSPS) is 15.9. The zero-order chi connectivity index (χ0) is 20.1. The highest BCUT2D eigenvalue weighted by Gasteiger charge is 2.33. The maximum Gasteiger partial charge on any atom is 0.414 e. The third-order valence-corrected chi connectivity index (χ3v) is 4.36. The van der Waals surface area contributed by atoms with E-state index in [1.54, 1.807) is 30.3 Å². The Kier molecular flexibility index (Phi) is 5.98. The largest absolute Gasteiger partial charge is 0.493 e. The Morgan fingerprint density at radius 3 is 2.57 bits per heavy atom. The monoisotopic (exact) mass is 388 g/mol. The topological polar surface area (TPSA) is 77.1 Å². The van der Waals surface area contributed by atoms with Gasteiger partial charge in [0, 0.05) is 6.07 Å². The van der Waals surface area contributed by atoms with Gasteiger partial charge in [0.2, 0.25) is 5.91 Å². The van der Waals surface area contributed by atoms with E-state index in [1.807, 2.05) is 0 Å². The number of nitrogens with one attached hydrogen (secondary N) is 1. The van der Waals surface area contributed by atoms with Crippen LogP contribution in [0.5, 0.6) is 11.5 Å². The fourth-order valence-electron chi connectivity index (χ4n) is 2.91. The van der Waals surface area contributed by atoms with Crippen molar-refractivity contribution in [2.75, 3.05) is 32.2 Å². The third-order valence-electron chi connectivity index (χ3n) is 4.36. The summed E-state index contributed by atoms with van der Waals surface area (Å²) in [6.07, 6.45) is -0.844. The van der Waals surface area contributed by atoms with Crippen LogP contribution < -0.4 is 19.7 Å². The lowest BCUT2D eigenvalue weighted by Gasteiger charge is -2.15. The Morgan fingerprint density at radius 2 is 1.89 bits per heavy atom. The number of halogens is 1. The quantitative estimate of drug-likeness (QED) is 0.789. The summed E-state index contributed by atoms with van der Waals surface area (Å²) < 4.78 is 28.7. The van der Waals surface area contributed by atoms with Gasteiger partial charge in [0.05, 0.1) is 39.4 Å². The Morgan fingerprint density at radius 1 is 1.18 bits per heavy atom. The molecule has 0 aromatic heterocycles. The molecule has 2 aromatic rings. The van der Waals surface area contributed by atoms with Crippen LogP contribution in [0, 0.1) is 5.82 Å². The van der Waals surface area contributed by atoms with Crippen molar-refractivity contribution in [3.63, 3.8) is 0 Å². The second kappa shape index (κ2) is 8.60. The van der Waals surface area contributed by atoms with Crippen molar-refractivity contribution in [2.24, 2.45) is 0 Å². The summed E-state index contributed by atoms with van der Waals surface area (Å²) in [6, 6.07) is 10.9. The first kappa shape index (κ1) is 19.5. The Hall–Kier alpha value is -3.29. The van der Waals surface area contributed by atoms with Crippen LogP contribution in [0.2, 0.25) is 0 Å². The predicted molar refractivity (Wildman–Crippen MR) is 100 cm³/mol. The van der Waals surface area contributed by atoms with Crippen LogP contribution in [0.25, 0.3) is 0 Å². The number of hydrogen-bond acceptors (Lipinski definition) is 5. The van der Waals surface area contributed by atoms with Gasteiger partial charge in [0.15, 0.2) is 11.5 Å². The second-order valence-electron chi connectivity index (χ2n) is 6.26. The van der Waals surface area contributed by atoms with E-state index < -0.39 is 12.2 Å². The molecule has 1 heterocycles. The summed E-state index contributed by atoms with van der Waals surface area (Å²) in [5.74, 6) is 0.483. The van der Waals surface area contributed by atoms with E-state index in [1.165, 1.54) is 31.3 Å². The standard InChI is InChI=1S/C20H21FN2O5/c1-26-17-8-7-15(10-18(17)27-2)23-12-16(28-20(23)25)11-22-19(24)9-13-3-5-14(21)6-4-13/h3-8,10,16H,9,11-12H2,1-2H3,(H,22,24). The summed E-state index contributed by atoms with van der Waals surface area (Å²) >= 11 is 0. The lowest BCUT2D eigenvalue weighted by Crippen LogP contribution is -2.35. The van der Waals surface area contributed by atoms with Gasteiger partial charge >= 0.3 is 6.09 Å². The SMILES string of the molecule is COc1ccc(N2CC(CNC(=O)Cc3ccc(F)cc3)OC2=O)cc1OC. The third kappa shape index (κ3) is 4.51. The van der Waals surface area contributed by atoms with E-state index >= 15 is 0 Å². The number of carbonyl (C=O) groups is 2. The summed E-state index contributed by atoms with van der Waals surface area (Å²) in [7, 11) is 3.05. The number of benzene rings is 2. The van der Waals surface area contributed by atoms with Crippen molar-refractivity contribution in [1.29, 1.82) is 0 Å². The highest BCUT2D eigenvalue weighted by atomic mass is 19.1. The van der Waals surface area contributed by atoms with Crippen LogP contribution in [-0.4, -0.2) is 45.4 Å². The molecule has 0 spiro atoms. The van der Waals surface area contributed by atoms with Crippen LogP contribution in [0.1, 0.15) is 5.56 Å². The van der Waals surface area contributed by atoms with Gasteiger partial charge in [-0.3, -0.25) is 9.69 Å². The number of carbonyl (C=O) groups excluding carboxylic acids is 2. The summed E-state index contributed by atoms with van der Waals surface area (Å²) in [6.45, 7) is 0.487. The van der Waals surface area contributed by atoms with Crippen LogP contribution in [0.4, 0.5) is 14.9 Å². The van der Waals surface area contributed by atoms with Gasteiger partial charge in [-0.1, -0.05) is 12.1 Å². The van der Waals surface area contributed by atoms with Crippen molar-refractivity contribution in [2.45, 2.75) is 12.5 Å². The maximum absolute atomic E-state index is 12.9. The number of ether oxygens (including phenoxy) is 3. The van der Waals surface area contributed by atoms with Gasteiger partial charge < -0.3 is 19.5 Å². The number of hydrogen-bond donors (Lipinski definition) is 1. The average molecular weight is 388 g/mol. The molecule has 0 radical (unpaired) electrons. The van der Waals surface area contributed by atoms with Gasteiger partial charge in [-0.15, -0.1) is 0 Å². The first-order chi connectivity index (χ1) is 13.5. The molecule has 1 aliphatic heterocycles. The summed E-state index contributed by atoms with van der Waals surface area (Å²) in [5, 5.41) is 2.74. The number of anilines is 1. The predicted octanol–water partition coefficient (Wildman–Crippen LogP) is 2.53. The van der Waals surface area contributed by atoms with E-state index in [-0.39, 0.29) is 24.7 Å². The molecule has 8 heteroatoms. The van der Waals surface area contributed by atoms with E-state index in [2.05, 4.69) is 5.32 Å². The number of methoxy groups -OCH3 is 2. The molecule has 1 fully saturated rings. The summed E-state index contributed by atoms with van der Waals surface area (Å²) in [5.41, 5.74) is 1.32. The molecule has 0 aliphatic carbocycles. The Balaban J connectivity index is 1.55. The van der Waals surface area contributed by atoms with Gasteiger partial charge in [0.1, 0.15) is 11.9 Å². The molecular formula is C20H21FN2O5. The lowest BCUT2D eigenvalue weighted by molar-refractivity contribution is -0.120. The van der Waals surface area contributed by atoms with E-state index in [0.29, 0.717) is 29.3 Å². The van der Waals surface area contributed by atoms with E-state index in [0.717, 1.165) is 0 Å². The molecule has 148 valence electrons. The lowest BCUT2D eigenvalue weighted by atomic mass is 10.1. The Bertz CT molecular complexity index is 856. The second-order valence-corrected chi connectivity index (χ2v) is 6.26. The molecule has 28 heavy (non-hydrogen) atoms. The van der Waals surface area contributed by atoms with Gasteiger partial charge in [-0.05, 0) is 29.8 Å². The zero-order valence-electron chi connectivity index (χ0n) is 15.6. The van der Waals surface area contributed by atoms with Crippen molar-refractivity contribution < 1.29 is 28.2 Å². The van der Waals surface area contributed by atoms with Crippen LogP contribution in [0.15, 0.2) is 42.5 Å². The van der Waals surface area contributed by atoms with Gasteiger partial charge in [0.25, 0.3) is 0 Å². The van der Waals surface area contributed by atoms with Crippen LogP contribution in [0.3, 0.4) is 0 Å². The molecule has 1 aliphatic rings. The van der Waals surface area contributed by atoms with Gasteiger partial charge in [-0.25, -0.2) is 9.18 Å². The molecule has 1 N–H and O–H groups in total. The maximum atomic E-state index is 12.9. The van der Waals surface area contributed by atoms with E-state index in [9.17, 15) is 14.0 Å². The van der Waals surface area contributed by atoms with Crippen LogP contribution >= 0.6 is 0 Å². The molecule has 1 atom stereocenters. The highest BCUT2D eigenvalue weighted by Crippen LogP contribution is 2.33. The first-order valence-electron chi connectivity index (χ1n) is 8.71.